The van der Waals surface area contributed by atoms with Gasteiger partial charge in [0.25, 0.3) is 0 Å². The Hall–Kier alpha value is -1.92. The number of hydrogen-bond donors (Lipinski definition) is 1. The smallest absolute Gasteiger partial charge is 0.241 e. The lowest BCUT2D eigenvalue weighted by atomic mass is 10.3. The van der Waals surface area contributed by atoms with Gasteiger partial charge in [0.05, 0.1) is 6.54 Å². The van der Waals surface area contributed by atoms with Gasteiger partial charge < -0.3 is 15.5 Å². The minimum absolute atomic E-state index is 0.0193. The fourth-order valence-electron chi connectivity index (χ4n) is 1.63. The van der Waals surface area contributed by atoms with Gasteiger partial charge in [0.2, 0.25) is 5.91 Å². The van der Waals surface area contributed by atoms with E-state index in [0.29, 0.717) is 19.2 Å². The van der Waals surface area contributed by atoms with E-state index in [0.717, 1.165) is 0 Å². The maximum absolute atomic E-state index is 13.5. The van der Waals surface area contributed by atoms with Crippen LogP contribution in [0.15, 0.2) is 6.07 Å². The number of halogens is 2. The Kier molecular flexibility index (Phi) is 2.83. The highest BCUT2D eigenvalue weighted by Crippen LogP contribution is 2.21. The van der Waals surface area contributed by atoms with Crippen LogP contribution >= 0.6 is 0 Å². The van der Waals surface area contributed by atoms with Crippen LogP contribution in [0.5, 0.6) is 0 Å². The number of amides is 1. The summed E-state index contributed by atoms with van der Waals surface area (Å²) in [6.07, 6.45) is 0. The Morgan fingerprint density at radius 1 is 1.35 bits per heavy atom. The summed E-state index contributed by atoms with van der Waals surface area (Å²) < 4.78 is 26.5. The zero-order chi connectivity index (χ0) is 12.6. The normalized spacial score (nSPS) is 16.5. The van der Waals surface area contributed by atoms with Crippen molar-refractivity contribution in [2.75, 3.05) is 37.3 Å². The molecule has 0 aliphatic carbocycles. The number of anilines is 2. The molecule has 2 rings (SSSR count). The van der Waals surface area contributed by atoms with Gasteiger partial charge in [-0.1, -0.05) is 0 Å². The summed E-state index contributed by atoms with van der Waals surface area (Å²) in [5, 5.41) is 0. The van der Waals surface area contributed by atoms with Crippen molar-refractivity contribution in [2.24, 2.45) is 0 Å². The number of carbonyl (C=O) groups is 1. The summed E-state index contributed by atoms with van der Waals surface area (Å²) in [5.74, 6) is -2.29. The molecular weight excluding hydrogens is 230 g/mol. The van der Waals surface area contributed by atoms with Gasteiger partial charge in [-0.25, -0.2) is 13.8 Å². The van der Waals surface area contributed by atoms with Crippen molar-refractivity contribution >= 4 is 17.5 Å². The van der Waals surface area contributed by atoms with Crippen LogP contribution in [0.25, 0.3) is 0 Å². The van der Waals surface area contributed by atoms with E-state index in [9.17, 15) is 13.6 Å². The Labute approximate surface area is 96.8 Å². The van der Waals surface area contributed by atoms with Crippen molar-refractivity contribution in [3.05, 3.63) is 17.7 Å². The first kappa shape index (κ1) is 11.6. The fourth-order valence-corrected chi connectivity index (χ4v) is 1.63. The molecule has 0 saturated carbocycles. The lowest BCUT2D eigenvalue weighted by Gasteiger charge is -2.32. The van der Waals surface area contributed by atoms with Gasteiger partial charge in [-0.2, -0.15) is 0 Å². The second kappa shape index (κ2) is 4.15. The van der Waals surface area contributed by atoms with Crippen LogP contribution in [0, 0.1) is 11.6 Å². The molecule has 0 unspecified atom stereocenters. The van der Waals surface area contributed by atoms with Crippen LogP contribution in [-0.2, 0) is 4.79 Å². The number of nitrogen functional groups attached to an aromatic ring is 1. The Morgan fingerprint density at radius 3 is 2.71 bits per heavy atom. The molecule has 0 radical (unpaired) electrons. The molecular formula is C10H12F2N4O. The zero-order valence-electron chi connectivity index (χ0n) is 9.28. The molecule has 7 heteroatoms. The van der Waals surface area contributed by atoms with E-state index in [4.69, 9.17) is 5.73 Å². The predicted molar refractivity (Wildman–Crippen MR) is 58.4 cm³/mol. The molecule has 1 aliphatic rings. The molecule has 17 heavy (non-hydrogen) atoms. The van der Waals surface area contributed by atoms with Crippen molar-refractivity contribution in [3.63, 3.8) is 0 Å². The second-order valence-electron chi connectivity index (χ2n) is 3.90. The van der Waals surface area contributed by atoms with Crippen molar-refractivity contribution in [1.82, 2.24) is 9.88 Å². The minimum atomic E-state index is -0.897. The van der Waals surface area contributed by atoms with Gasteiger partial charge >= 0.3 is 0 Å². The first-order chi connectivity index (χ1) is 7.99. The van der Waals surface area contributed by atoms with E-state index < -0.39 is 11.6 Å². The molecule has 0 bridgehead atoms. The fraction of sp³-hybridized carbons (Fsp3) is 0.400. The third kappa shape index (κ3) is 2.13. The van der Waals surface area contributed by atoms with Crippen LogP contribution in [0.2, 0.25) is 0 Å². The maximum Gasteiger partial charge on any atom is 0.241 e. The number of hydrogen-bond acceptors (Lipinski definition) is 4. The van der Waals surface area contributed by atoms with Gasteiger partial charge in [-0.15, -0.1) is 0 Å². The summed E-state index contributed by atoms with van der Waals surface area (Å²) >= 11 is 0. The Bertz CT molecular complexity index is 466. The van der Waals surface area contributed by atoms with Crippen molar-refractivity contribution < 1.29 is 13.6 Å². The molecule has 2 N–H and O–H groups in total. The molecule has 1 aromatic heterocycles. The molecule has 92 valence electrons. The van der Waals surface area contributed by atoms with Crippen molar-refractivity contribution in [3.8, 4) is 0 Å². The standard InChI is InChI=1S/C10H12F2N4O/c1-15-2-3-16(5-8(15)17)10-7(12)4-6(11)9(13)14-10/h4H,2-3,5H2,1H3,(H2,13,14). The number of aromatic nitrogens is 1. The highest BCUT2D eigenvalue weighted by molar-refractivity contribution is 5.82. The molecule has 0 aromatic carbocycles. The summed E-state index contributed by atoms with van der Waals surface area (Å²) in [6.45, 7) is 0.931. The first-order valence-electron chi connectivity index (χ1n) is 5.09. The number of nitrogens with zero attached hydrogens (tertiary/aromatic N) is 3. The summed E-state index contributed by atoms with van der Waals surface area (Å²) in [7, 11) is 1.67. The molecule has 1 aliphatic heterocycles. The lowest BCUT2D eigenvalue weighted by molar-refractivity contribution is -0.129. The van der Waals surface area contributed by atoms with Crippen LogP contribution in [0.1, 0.15) is 0 Å². The number of piperazine rings is 1. The molecule has 1 saturated heterocycles. The van der Waals surface area contributed by atoms with E-state index in [1.165, 1.54) is 4.90 Å². The predicted octanol–water partition coefficient (Wildman–Crippen LogP) is 0.220. The van der Waals surface area contributed by atoms with Crippen molar-refractivity contribution in [1.29, 1.82) is 0 Å². The van der Waals surface area contributed by atoms with Gasteiger partial charge in [0, 0.05) is 26.2 Å². The van der Waals surface area contributed by atoms with Gasteiger partial charge in [0.1, 0.15) is 0 Å². The van der Waals surface area contributed by atoms with E-state index in [1.54, 1.807) is 11.9 Å². The van der Waals surface area contributed by atoms with E-state index in [2.05, 4.69) is 4.98 Å². The number of nitrogens with two attached hydrogens (primary N) is 1. The number of likely N-dealkylation sites (N-methyl/N-ethyl adjacent to an activating group) is 1. The summed E-state index contributed by atoms with van der Waals surface area (Å²) in [6, 6.07) is 0.681. The van der Waals surface area contributed by atoms with Crippen LogP contribution in [0.4, 0.5) is 20.4 Å². The summed E-state index contributed by atoms with van der Waals surface area (Å²) in [5.41, 5.74) is 5.28. The maximum atomic E-state index is 13.5. The number of carbonyl (C=O) groups excluding carboxylic acids is 1. The molecule has 1 fully saturated rings. The van der Waals surface area contributed by atoms with Crippen LogP contribution in [-0.4, -0.2) is 42.5 Å². The molecule has 5 nitrogen and oxygen atoms in total. The Morgan fingerprint density at radius 2 is 2.06 bits per heavy atom. The molecule has 1 amide bonds. The zero-order valence-corrected chi connectivity index (χ0v) is 9.28. The van der Waals surface area contributed by atoms with Gasteiger partial charge in [-0.05, 0) is 0 Å². The largest absolute Gasteiger partial charge is 0.381 e. The van der Waals surface area contributed by atoms with E-state index in [-0.39, 0.29) is 24.1 Å². The Balaban J connectivity index is 2.29. The van der Waals surface area contributed by atoms with E-state index in [1.807, 2.05) is 0 Å². The lowest BCUT2D eigenvalue weighted by Crippen LogP contribution is -2.49. The van der Waals surface area contributed by atoms with E-state index >= 15 is 0 Å². The quantitative estimate of drug-likeness (QED) is 0.765. The molecule has 0 atom stereocenters. The van der Waals surface area contributed by atoms with Gasteiger partial charge in [-0.3, -0.25) is 4.79 Å². The first-order valence-corrected chi connectivity index (χ1v) is 5.09. The van der Waals surface area contributed by atoms with Crippen LogP contribution in [0.3, 0.4) is 0 Å². The molecule has 1 aromatic rings. The third-order valence-electron chi connectivity index (χ3n) is 2.69. The molecule has 0 spiro atoms. The average molecular weight is 242 g/mol. The highest BCUT2D eigenvalue weighted by Gasteiger charge is 2.25. The van der Waals surface area contributed by atoms with Gasteiger partial charge in [0.15, 0.2) is 23.3 Å². The van der Waals surface area contributed by atoms with Crippen molar-refractivity contribution in [2.45, 2.75) is 0 Å². The average Bonchev–Trinajstić information content (AvgIpc) is 2.27. The SMILES string of the molecule is CN1CCN(c2nc(N)c(F)cc2F)CC1=O. The second-order valence-corrected chi connectivity index (χ2v) is 3.90. The number of pyridine rings is 1. The molecule has 2 heterocycles. The van der Waals surface area contributed by atoms with Crippen LogP contribution < -0.4 is 10.6 Å². The monoisotopic (exact) mass is 242 g/mol. The highest BCUT2D eigenvalue weighted by atomic mass is 19.1. The summed E-state index contributed by atoms with van der Waals surface area (Å²) in [4.78, 5) is 18.1. The number of rotatable bonds is 1. The minimum Gasteiger partial charge on any atom is -0.381 e. The third-order valence-corrected chi connectivity index (χ3v) is 2.69. The topological polar surface area (TPSA) is 62.5 Å².